The molecule has 11 N–H and O–H groups in total. The van der Waals surface area contributed by atoms with Crippen LogP contribution in [0.3, 0.4) is 0 Å². The fraction of sp³-hybridized carbons (Fsp3) is 0.522. The van der Waals surface area contributed by atoms with Crippen LogP contribution >= 0.6 is 0 Å². The Hall–Kier alpha value is -6.36. The number of nitrogens with one attached hydrogen (secondary N) is 3. The number of benzene rings is 3. The standard InChI is InChI=1S/C67H80N4O11/c1-4-50(66(78)21-17-39(31-66)37-9-8-10-41(25-37)67(79)23-22-65(35-67)19-6-7-20-65)63(77)81-53-30-48-59(76)57-52(75)29-43(33-72)80-61(57)58-55-46-18-24-70-62(68)56(46)45(16-12-36-11-14-42(74)28-47(36)49(55)34-73)44-15-13-38-27-54(69-5-2)71-32-40(38)26-51(44)64(53,3)82-60(48)58/h4,8-11,14,18,25,27-29,32,39,44-45,49,51,53-55,69-74,76,78-79H,5-7,12-13,15-17,19-24,26,30-31,33-35,68H2,1-3H3/b50-4+/t39-,44+,45-,49+,51-,53+,54?,55-,64-,66+,67-/m0/s1. The highest BCUT2D eigenvalue weighted by Crippen LogP contribution is 2.62. The minimum absolute atomic E-state index is 0.0179. The van der Waals surface area contributed by atoms with Gasteiger partial charge >= 0.3 is 5.97 Å². The lowest BCUT2D eigenvalue weighted by atomic mass is 9.61. The number of phenolic OH excluding ortho intramolecular Hbond substituents is 2. The Morgan fingerprint density at radius 2 is 1.80 bits per heavy atom. The molecule has 0 amide bonds. The van der Waals surface area contributed by atoms with Gasteiger partial charge in [0, 0.05) is 54.1 Å². The van der Waals surface area contributed by atoms with Gasteiger partial charge in [-0.1, -0.05) is 62.2 Å². The zero-order chi connectivity index (χ0) is 57.0. The number of hydrogen-bond acceptors (Lipinski definition) is 15. The van der Waals surface area contributed by atoms with Gasteiger partial charge in [-0.25, -0.2) is 4.79 Å². The van der Waals surface area contributed by atoms with Crippen LogP contribution in [0.1, 0.15) is 168 Å². The summed E-state index contributed by atoms with van der Waals surface area (Å²) in [6, 6.07) is 14.7. The summed E-state index contributed by atoms with van der Waals surface area (Å²) in [4.78, 5) is 30.2. The first-order chi connectivity index (χ1) is 39.5. The van der Waals surface area contributed by atoms with Crippen molar-refractivity contribution in [3.05, 3.63) is 156 Å². The Balaban J connectivity index is 0.964. The van der Waals surface area contributed by atoms with Crippen LogP contribution in [0.4, 0.5) is 0 Å². The number of aryl methyl sites for hydroxylation is 1. The van der Waals surface area contributed by atoms with E-state index in [2.05, 4.69) is 53.4 Å². The second kappa shape index (κ2) is 20.8. The van der Waals surface area contributed by atoms with Gasteiger partial charge in [-0.05, 0) is 190 Å². The lowest BCUT2D eigenvalue weighted by Gasteiger charge is -2.52. The molecule has 11 atom stereocenters. The molecule has 15 heteroatoms. The average Bonchev–Trinajstić information content (AvgIpc) is 1.59. The molecule has 0 saturated heterocycles. The Morgan fingerprint density at radius 3 is 2.59 bits per heavy atom. The molecule has 4 saturated carbocycles. The van der Waals surface area contributed by atoms with E-state index in [9.17, 15) is 35.4 Å². The molecule has 9 aliphatic rings. The van der Waals surface area contributed by atoms with Crippen LogP contribution < -0.4 is 31.8 Å². The third-order valence-electron chi connectivity index (χ3n) is 21.5. The summed E-state index contributed by atoms with van der Waals surface area (Å²) in [7, 11) is 0. The molecular formula is C67H80N4O11. The molecular weight excluding hydrogens is 1040 g/mol. The highest BCUT2D eigenvalue weighted by Gasteiger charge is 2.59. The number of ether oxygens (including phenoxy) is 2. The maximum atomic E-state index is 15.6. The zero-order valence-electron chi connectivity index (χ0n) is 47.5. The Bertz CT molecular complexity index is 3480. The first kappa shape index (κ1) is 54.9. The average molecular weight is 1120 g/mol. The van der Waals surface area contributed by atoms with Crippen LogP contribution in [0, 0.1) is 23.2 Å². The van der Waals surface area contributed by atoms with E-state index in [-0.39, 0.29) is 81.5 Å². The van der Waals surface area contributed by atoms with Gasteiger partial charge in [0.05, 0.1) is 29.5 Å². The monoisotopic (exact) mass is 1120 g/mol. The van der Waals surface area contributed by atoms with Gasteiger partial charge in [-0.2, -0.15) is 0 Å². The SMILES string of the molecule is C/C=C(\C(=O)O[C@@H]1Cc2c3c(c4oc(CO)cc(=O)c4c2O)[C@H]2C4=CCNC(N)=C4[C@@H](CCc4ccc(O)cc4[C@H]2CO)[C@H]2CCC4=CC(NCC)NC=C4C[C@@H]2[C@]1(C)O3)[C@@]1(O)CC[C@H](c2cccc([C@]3(O)CCC4(CCCC4)C3)c2)C1. The molecule has 4 fully saturated rings. The largest absolute Gasteiger partial charge is 0.508 e. The normalized spacial score (nSPS) is 32.7. The molecule has 0 radical (unpaired) electrons. The number of nitrogens with two attached hydrogens (primary N) is 1. The molecule has 13 rings (SSSR count). The van der Waals surface area contributed by atoms with E-state index in [1.807, 2.05) is 25.1 Å². The molecule has 15 nitrogen and oxygen atoms in total. The lowest BCUT2D eigenvalue weighted by molar-refractivity contribution is -0.171. The summed E-state index contributed by atoms with van der Waals surface area (Å²) < 4.78 is 21.4. The summed E-state index contributed by atoms with van der Waals surface area (Å²) in [5.74, 6) is -3.10. The number of likely N-dealkylation sites (N-methyl/N-ethyl adjacent to an activating group) is 1. The molecule has 4 aliphatic heterocycles. The number of phenols is 2. The van der Waals surface area contributed by atoms with E-state index >= 15 is 4.79 Å². The van der Waals surface area contributed by atoms with Gasteiger partial charge in [0.2, 0.25) is 0 Å². The number of fused-ring (bicyclic) bond motifs is 9. The Kier molecular flexibility index (Phi) is 13.9. The predicted octanol–water partition coefficient (Wildman–Crippen LogP) is 8.78. The van der Waals surface area contributed by atoms with Gasteiger partial charge in [0.25, 0.3) is 0 Å². The summed E-state index contributed by atoms with van der Waals surface area (Å²) in [5.41, 5.74) is 11.3. The van der Waals surface area contributed by atoms with Crippen molar-refractivity contribution in [3.8, 4) is 17.2 Å². The second-order valence-corrected chi connectivity index (χ2v) is 25.8. The molecule has 1 aromatic heterocycles. The van der Waals surface area contributed by atoms with Crippen molar-refractivity contribution in [3.63, 3.8) is 0 Å². The van der Waals surface area contributed by atoms with Crippen LogP contribution in [0.2, 0.25) is 0 Å². The van der Waals surface area contributed by atoms with Crippen molar-refractivity contribution in [1.29, 1.82) is 0 Å². The van der Waals surface area contributed by atoms with E-state index in [1.54, 1.807) is 25.1 Å². The minimum Gasteiger partial charge on any atom is -0.508 e. The summed E-state index contributed by atoms with van der Waals surface area (Å²) in [6.07, 6.45) is 18.3. The van der Waals surface area contributed by atoms with E-state index in [0.29, 0.717) is 62.0 Å². The van der Waals surface area contributed by atoms with Crippen molar-refractivity contribution < 1.29 is 49.3 Å². The van der Waals surface area contributed by atoms with Crippen molar-refractivity contribution in [1.82, 2.24) is 16.0 Å². The number of aliphatic hydroxyl groups excluding tert-OH is 2. The lowest BCUT2D eigenvalue weighted by Crippen LogP contribution is -2.59. The third-order valence-corrected chi connectivity index (χ3v) is 21.5. The van der Waals surface area contributed by atoms with E-state index in [0.717, 1.165) is 84.5 Å². The summed E-state index contributed by atoms with van der Waals surface area (Å²) in [5, 5.41) is 82.2. The number of rotatable bonds is 9. The highest BCUT2D eigenvalue weighted by atomic mass is 16.6. The van der Waals surface area contributed by atoms with Crippen LogP contribution in [0.5, 0.6) is 17.2 Å². The summed E-state index contributed by atoms with van der Waals surface area (Å²) >= 11 is 0. The van der Waals surface area contributed by atoms with Gasteiger partial charge in [-0.3, -0.25) is 10.1 Å². The molecule has 5 heterocycles. The number of carbonyl (C=O) groups excluding carboxylic acids is 1. The number of carbonyl (C=O) groups is 1. The first-order valence-corrected chi connectivity index (χ1v) is 30.3. The molecule has 82 heavy (non-hydrogen) atoms. The maximum absolute atomic E-state index is 15.6. The van der Waals surface area contributed by atoms with Gasteiger partial charge in [0.15, 0.2) is 5.43 Å². The van der Waals surface area contributed by atoms with E-state index in [4.69, 9.17) is 19.6 Å². The quantitative estimate of drug-likeness (QED) is 0.0556. The van der Waals surface area contributed by atoms with E-state index < -0.39 is 71.0 Å². The molecule has 1 unspecified atom stereocenters. The second-order valence-electron chi connectivity index (χ2n) is 25.8. The van der Waals surface area contributed by atoms with Crippen LogP contribution in [-0.2, 0) is 34.6 Å². The molecule has 1 spiro atoms. The molecule has 3 aromatic carbocycles. The summed E-state index contributed by atoms with van der Waals surface area (Å²) in [6.45, 7) is 5.89. The molecule has 434 valence electrons. The van der Waals surface area contributed by atoms with Crippen LogP contribution in [0.25, 0.3) is 11.0 Å². The minimum atomic E-state index is -1.56. The van der Waals surface area contributed by atoms with Crippen molar-refractivity contribution in [2.45, 2.75) is 177 Å². The number of esters is 1. The number of dihydropyridines is 2. The number of allylic oxidation sites excluding steroid dienone is 5. The topological polar surface area (TPSA) is 249 Å². The molecule has 4 aromatic rings. The van der Waals surface area contributed by atoms with Crippen LogP contribution in [0.15, 0.2) is 116 Å². The van der Waals surface area contributed by atoms with Crippen molar-refractivity contribution in [2.75, 3.05) is 19.7 Å². The van der Waals surface area contributed by atoms with Gasteiger partial charge < -0.3 is 60.9 Å². The fourth-order valence-electron chi connectivity index (χ4n) is 17.5. The predicted molar refractivity (Wildman–Crippen MR) is 310 cm³/mol. The van der Waals surface area contributed by atoms with Crippen molar-refractivity contribution in [2.24, 2.45) is 28.9 Å². The van der Waals surface area contributed by atoms with E-state index in [1.165, 1.54) is 18.4 Å². The highest BCUT2D eigenvalue weighted by molar-refractivity contribution is 5.93. The molecule has 4 bridgehead atoms. The Morgan fingerprint density at radius 1 is 0.976 bits per heavy atom. The zero-order valence-corrected chi connectivity index (χ0v) is 47.5. The fourth-order valence-corrected chi connectivity index (χ4v) is 17.5. The number of hydrogen-bond donors (Lipinski definition) is 10. The Labute approximate surface area is 479 Å². The number of aromatic hydroxyl groups is 2. The molecule has 5 aliphatic carbocycles. The third kappa shape index (κ3) is 8.93. The van der Waals surface area contributed by atoms with Crippen LogP contribution in [-0.4, -0.2) is 79.8 Å². The first-order valence-electron chi connectivity index (χ1n) is 30.3. The van der Waals surface area contributed by atoms with Gasteiger partial charge in [0.1, 0.15) is 58.1 Å². The smallest absolute Gasteiger partial charge is 0.337 e. The number of aliphatic hydroxyl groups is 4. The van der Waals surface area contributed by atoms with Gasteiger partial charge in [-0.15, -0.1) is 0 Å². The maximum Gasteiger partial charge on any atom is 0.337 e. The van der Waals surface area contributed by atoms with Crippen molar-refractivity contribution >= 4 is 16.9 Å².